The smallest absolute Gasteiger partial charge is 0.306 e. The van der Waals surface area contributed by atoms with Crippen LogP contribution >= 0.6 is 0 Å². The largest absolute Gasteiger partial charge is 0.462 e. The number of esters is 1. The van der Waals surface area contributed by atoms with Crippen LogP contribution in [0.1, 0.15) is 188 Å². The second-order valence-electron chi connectivity index (χ2n) is 13.9. The Balaban J connectivity index is 2.34. The van der Waals surface area contributed by atoms with E-state index < -0.39 is 10.9 Å². The summed E-state index contributed by atoms with van der Waals surface area (Å²) in [5.41, 5.74) is 0.0133. The van der Waals surface area contributed by atoms with Crippen LogP contribution in [0.4, 0.5) is 11.4 Å². The fourth-order valence-electron chi connectivity index (χ4n) is 6.54. The van der Waals surface area contributed by atoms with Crippen molar-refractivity contribution < 1.29 is 9.53 Å². The molecule has 0 saturated heterocycles. The first-order chi connectivity index (χ1) is 23.0. The summed E-state index contributed by atoms with van der Waals surface area (Å²) in [6.07, 6.45) is 31.2. The number of nitrogens with one attached hydrogen (secondary N) is 2. The molecule has 1 aromatic rings. The highest BCUT2D eigenvalue weighted by molar-refractivity contribution is 5.73. The third-order valence-electron chi connectivity index (χ3n) is 9.63. The van der Waals surface area contributed by atoms with E-state index in [-0.39, 0.29) is 12.1 Å². The van der Waals surface area contributed by atoms with Crippen LogP contribution in [-0.2, 0) is 9.53 Å². The van der Waals surface area contributed by atoms with Gasteiger partial charge in [-0.15, -0.1) is 0 Å². The minimum atomic E-state index is -0.423. The van der Waals surface area contributed by atoms with Crippen molar-refractivity contribution in [2.24, 2.45) is 0 Å². The van der Waals surface area contributed by atoms with Gasteiger partial charge >= 0.3 is 5.97 Å². The van der Waals surface area contributed by atoms with Gasteiger partial charge in [-0.05, 0) is 58.0 Å². The molecule has 0 fully saturated rings. The normalized spacial score (nSPS) is 11.6. The highest BCUT2D eigenvalue weighted by Crippen LogP contribution is 2.19. The Morgan fingerprint density at radius 2 is 1.00 bits per heavy atom. The van der Waals surface area contributed by atoms with E-state index in [9.17, 15) is 14.4 Å². The topological polar surface area (TPSA) is 87.7 Å². The second-order valence-corrected chi connectivity index (χ2v) is 13.9. The van der Waals surface area contributed by atoms with Crippen LogP contribution in [0.2, 0.25) is 0 Å². The van der Waals surface area contributed by atoms with Gasteiger partial charge in [-0.2, -0.15) is 0 Å². The van der Waals surface area contributed by atoms with Gasteiger partial charge in [-0.1, -0.05) is 136 Å². The van der Waals surface area contributed by atoms with E-state index in [1.54, 1.807) is 7.05 Å². The molecule has 0 heterocycles. The van der Waals surface area contributed by atoms with Gasteiger partial charge in [0.1, 0.15) is 17.5 Å². The molecule has 2 N–H and O–H groups in total. The van der Waals surface area contributed by atoms with Crippen LogP contribution < -0.4 is 21.5 Å². The first-order valence-electron chi connectivity index (χ1n) is 20.1. The van der Waals surface area contributed by atoms with Gasteiger partial charge in [0.2, 0.25) is 0 Å². The van der Waals surface area contributed by atoms with Crippen LogP contribution in [0, 0.1) is 0 Å². The molecule has 47 heavy (non-hydrogen) atoms. The fourth-order valence-corrected chi connectivity index (χ4v) is 6.54. The minimum Gasteiger partial charge on any atom is -0.462 e. The maximum absolute atomic E-state index is 12.7. The summed E-state index contributed by atoms with van der Waals surface area (Å²) in [6, 6.07) is 0. The van der Waals surface area contributed by atoms with Crippen LogP contribution in [-0.4, -0.2) is 50.2 Å². The summed E-state index contributed by atoms with van der Waals surface area (Å²) in [7, 11) is 1.68. The quantitative estimate of drug-likeness (QED) is 0.0425. The fraction of sp³-hybridized carbons (Fsp3) is 0.875. The van der Waals surface area contributed by atoms with Gasteiger partial charge in [0.05, 0.1) is 0 Å². The summed E-state index contributed by atoms with van der Waals surface area (Å²) in [5.74, 6) is 0.00719. The number of hydrogen-bond acceptors (Lipinski definition) is 7. The molecule has 0 aliphatic carbocycles. The second kappa shape index (κ2) is 30.2. The van der Waals surface area contributed by atoms with E-state index in [1.165, 1.54) is 116 Å². The molecule has 1 rings (SSSR count). The molecule has 1 aromatic carbocycles. The van der Waals surface area contributed by atoms with Gasteiger partial charge in [0.15, 0.2) is 0 Å². The van der Waals surface area contributed by atoms with E-state index in [1.807, 2.05) is 0 Å². The number of ether oxygens (including phenoxy) is 1. The predicted molar refractivity (Wildman–Crippen MR) is 203 cm³/mol. The maximum atomic E-state index is 12.7. The van der Waals surface area contributed by atoms with E-state index in [2.05, 4.69) is 36.3 Å². The van der Waals surface area contributed by atoms with Gasteiger partial charge in [0, 0.05) is 26.6 Å². The van der Waals surface area contributed by atoms with Crippen molar-refractivity contribution in [1.29, 1.82) is 0 Å². The zero-order valence-electron chi connectivity index (χ0n) is 31.4. The maximum Gasteiger partial charge on any atom is 0.306 e. The van der Waals surface area contributed by atoms with Crippen LogP contribution in [0.25, 0.3) is 0 Å². The summed E-state index contributed by atoms with van der Waals surface area (Å²) >= 11 is 0. The summed E-state index contributed by atoms with van der Waals surface area (Å²) in [6.45, 7) is 10.4. The molecule has 7 nitrogen and oxygen atoms in total. The molecule has 0 radical (unpaired) electrons. The minimum absolute atomic E-state index is 0.00719. The lowest BCUT2D eigenvalue weighted by atomic mass is 10.0. The Hall–Kier alpha value is -1.89. The van der Waals surface area contributed by atoms with Crippen LogP contribution in [0.5, 0.6) is 0 Å². The monoisotopic (exact) mass is 662 g/mol. The molecular formula is C40H75N3O4. The number of carbonyl (C=O) groups is 1. The average molecular weight is 662 g/mol. The summed E-state index contributed by atoms with van der Waals surface area (Å²) in [4.78, 5) is 38.8. The SMILES string of the molecule is CCCCCCCCC(CCCCCCCC)OC(=O)CCCCCCCN(CCCCCCCC)CCNc1c(NC)c(=O)c1=O. The van der Waals surface area contributed by atoms with E-state index in [0.717, 1.165) is 64.6 Å². The average Bonchev–Trinajstić information content (AvgIpc) is 3.07. The third kappa shape index (κ3) is 21.6. The summed E-state index contributed by atoms with van der Waals surface area (Å²) in [5, 5.41) is 6.03. The lowest BCUT2D eigenvalue weighted by Gasteiger charge is -2.23. The highest BCUT2D eigenvalue weighted by Gasteiger charge is 2.19. The van der Waals surface area contributed by atoms with Crippen LogP contribution in [0.3, 0.4) is 0 Å². The number of rotatable bonds is 35. The van der Waals surface area contributed by atoms with E-state index in [4.69, 9.17) is 4.74 Å². The number of unbranched alkanes of at least 4 members (excludes halogenated alkanes) is 19. The molecule has 0 bridgehead atoms. The zero-order chi connectivity index (χ0) is 34.4. The van der Waals surface area contributed by atoms with Crippen molar-refractivity contribution in [2.75, 3.05) is 43.9 Å². The number of nitrogens with zero attached hydrogens (tertiary/aromatic N) is 1. The molecular weight excluding hydrogens is 586 g/mol. The predicted octanol–water partition coefficient (Wildman–Crippen LogP) is 10.2. The van der Waals surface area contributed by atoms with Crippen molar-refractivity contribution in [1.82, 2.24) is 4.90 Å². The van der Waals surface area contributed by atoms with Crippen molar-refractivity contribution in [3.05, 3.63) is 20.4 Å². The Bertz CT molecular complexity index is 926. The molecule has 0 saturated carbocycles. The molecule has 274 valence electrons. The Morgan fingerprint density at radius 1 is 0.574 bits per heavy atom. The number of anilines is 2. The van der Waals surface area contributed by atoms with E-state index in [0.29, 0.717) is 24.3 Å². The molecule has 0 amide bonds. The van der Waals surface area contributed by atoms with Gasteiger partial charge in [0.25, 0.3) is 10.9 Å². The molecule has 0 aromatic heterocycles. The first kappa shape index (κ1) is 43.1. The molecule has 0 atom stereocenters. The Morgan fingerprint density at radius 3 is 1.49 bits per heavy atom. The van der Waals surface area contributed by atoms with Crippen molar-refractivity contribution in [3.8, 4) is 0 Å². The lowest BCUT2D eigenvalue weighted by Crippen LogP contribution is -2.38. The van der Waals surface area contributed by atoms with Crippen molar-refractivity contribution >= 4 is 17.3 Å². The first-order valence-corrected chi connectivity index (χ1v) is 20.1. The van der Waals surface area contributed by atoms with Gasteiger partial charge < -0.3 is 20.3 Å². The van der Waals surface area contributed by atoms with Crippen molar-refractivity contribution in [2.45, 2.75) is 194 Å². The standard InChI is InChI=1S/C40H75N3O4/c1-5-8-11-14-18-23-28-35(29-24-19-15-12-9-6-2)47-36(44)30-25-20-17-22-27-33-43(32-26-21-16-13-10-7-3)34-31-42-38-37(41-4)39(45)40(38)46/h35,41-42H,5-34H2,1-4H3. The Kier molecular flexibility index (Phi) is 27.7. The molecule has 0 unspecified atom stereocenters. The number of carbonyl (C=O) groups excluding carboxylic acids is 1. The highest BCUT2D eigenvalue weighted by atomic mass is 16.5. The summed E-state index contributed by atoms with van der Waals surface area (Å²) < 4.78 is 6.03. The third-order valence-corrected chi connectivity index (χ3v) is 9.63. The van der Waals surface area contributed by atoms with Crippen LogP contribution in [0.15, 0.2) is 9.59 Å². The lowest BCUT2D eigenvalue weighted by molar-refractivity contribution is -0.150. The Labute approximate surface area is 289 Å². The van der Waals surface area contributed by atoms with Gasteiger partial charge in [-0.3, -0.25) is 14.4 Å². The number of hydrogen-bond donors (Lipinski definition) is 2. The molecule has 0 aliphatic rings. The molecule has 0 spiro atoms. The zero-order valence-corrected chi connectivity index (χ0v) is 31.4. The van der Waals surface area contributed by atoms with Gasteiger partial charge in [-0.25, -0.2) is 0 Å². The van der Waals surface area contributed by atoms with E-state index >= 15 is 0 Å². The molecule has 0 aliphatic heterocycles. The molecule has 7 heteroatoms. The van der Waals surface area contributed by atoms with Crippen molar-refractivity contribution in [3.63, 3.8) is 0 Å².